The Hall–Kier alpha value is -0.900. The van der Waals surface area contributed by atoms with Crippen LogP contribution >= 0.6 is 0 Å². The number of rotatable bonds is 5. The number of hydrogen-bond donors (Lipinski definition) is 1. The Morgan fingerprint density at radius 3 is 2.80 bits per heavy atom. The summed E-state index contributed by atoms with van der Waals surface area (Å²) in [5, 5.41) is 3.45. The van der Waals surface area contributed by atoms with E-state index in [2.05, 4.69) is 10.3 Å². The Kier molecular flexibility index (Phi) is 4.75. The zero-order valence-electron chi connectivity index (χ0n) is 9.49. The van der Waals surface area contributed by atoms with E-state index in [1.165, 1.54) is 0 Å². The largest absolute Gasteiger partial charge is 0.370 e. The Labute approximate surface area is 93.8 Å². The summed E-state index contributed by atoms with van der Waals surface area (Å²) in [6, 6.07) is 3.99. The SMILES string of the molecule is Cc1ccc(NCCC(C)S(C)=O)nc1. The number of aryl methyl sites for hydroxylation is 1. The monoisotopic (exact) mass is 226 g/mol. The smallest absolute Gasteiger partial charge is 0.125 e. The fourth-order valence-electron chi connectivity index (χ4n) is 1.14. The highest BCUT2D eigenvalue weighted by Crippen LogP contribution is 2.05. The van der Waals surface area contributed by atoms with Gasteiger partial charge in [-0.05, 0) is 25.0 Å². The minimum absolute atomic E-state index is 0.239. The zero-order valence-corrected chi connectivity index (χ0v) is 10.3. The van der Waals surface area contributed by atoms with Gasteiger partial charge >= 0.3 is 0 Å². The molecule has 0 radical (unpaired) electrons. The molecule has 2 atom stereocenters. The fourth-order valence-corrected chi connectivity index (χ4v) is 1.59. The molecule has 1 rings (SSSR count). The first-order valence-corrected chi connectivity index (χ1v) is 6.70. The van der Waals surface area contributed by atoms with E-state index >= 15 is 0 Å². The van der Waals surface area contributed by atoms with Gasteiger partial charge in [-0.25, -0.2) is 4.98 Å². The van der Waals surface area contributed by atoms with Gasteiger partial charge in [0.15, 0.2) is 0 Å². The third kappa shape index (κ3) is 4.42. The van der Waals surface area contributed by atoms with E-state index < -0.39 is 10.8 Å². The molecule has 0 aliphatic carbocycles. The van der Waals surface area contributed by atoms with Gasteiger partial charge in [-0.15, -0.1) is 0 Å². The highest BCUT2D eigenvalue weighted by Gasteiger charge is 2.04. The van der Waals surface area contributed by atoms with Crippen LogP contribution < -0.4 is 5.32 Å². The minimum Gasteiger partial charge on any atom is -0.370 e. The van der Waals surface area contributed by atoms with Crippen LogP contribution in [-0.2, 0) is 10.8 Å². The molecule has 15 heavy (non-hydrogen) atoms. The molecule has 0 spiro atoms. The zero-order chi connectivity index (χ0) is 11.3. The standard InChI is InChI=1S/C11H18N2OS/c1-9-4-5-11(13-8-9)12-7-6-10(2)15(3)14/h4-5,8,10H,6-7H2,1-3H3,(H,12,13). The van der Waals surface area contributed by atoms with Crippen molar-refractivity contribution in [3.63, 3.8) is 0 Å². The molecule has 1 aromatic heterocycles. The summed E-state index contributed by atoms with van der Waals surface area (Å²) in [6.45, 7) is 4.83. The molecule has 0 fully saturated rings. The van der Waals surface area contributed by atoms with Gasteiger partial charge in [0, 0.05) is 35.0 Å². The van der Waals surface area contributed by atoms with Crippen molar-refractivity contribution in [3.8, 4) is 0 Å². The molecule has 0 amide bonds. The fraction of sp³-hybridized carbons (Fsp3) is 0.545. The molecule has 1 aromatic rings. The maximum Gasteiger partial charge on any atom is 0.125 e. The Morgan fingerprint density at radius 2 is 2.27 bits per heavy atom. The van der Waals surface area contributed by atoms with E-state index in [-0.39, 0.29) is 5.25 Å². The van der Waals surface area contributed by atoms with E-state index in [9.17, 15) is 4.21 Å². The Bertz CT molecular complexity index is 324. The number of aromatic nitrogens is 1. The minimum atomic E-state index is -0.732. The first-order valence-electron chi connectivity index (χ1n) is 5.08. The second kappa shape index (κ2) is 5.85. The normalized spacial score (nSPS) is 14.6. The van der Waals surface area contributed by atoms with Gasteiger partial charge in [0.25, 0.3) is 0 Å². The number of nitrogens with zero attached hydrogens (tertiary/aromatic N) is 1. The number of pyridine rings is 1. The van der Waals surface area contributed by atoms with E-state index in [1.54, 1.807) is 6.26 Å². The molecule has 0 saturated carbocycles. The molecule has 4 heteroatoms. The Balaban J connectivity index is 2.32. The van der Waals surface area contributed by atoms with Crippen molar-refractivity contribution in [3.05, 3.63) is 23.9 Å². The molecule has 84 valence electrons. The highest BCUT2D eigenvalue weighted by molar-refractivity contribution is 7.84. The maximum atomic E-state index is 11.1. The van der Waals surface area contributed by atoms with Gasteiger partial charge in [0.05, 0.1) is 0 Å². The van der Waals surface area contributed by atoms with Crippen molar-refractivity contribution in [1.82, 2.24) is 4.98 Å². The van der Waals surface area contributed by atoms with Gasteiger partial charge in [0.1, 0.15) is 5.82 Å². The molecule has 1 N–H and O–H groups in total. The van der Waals surface area contributed by atoms with Crippen LogP contribution in [0.2, 0.25) is 0 Å². The third-order valence-electron chi connectivity index (χ3n) is 2.33. The molecule has 0 saturated heterocycles. The Morgan fingerprint density at radius 1 is 1.53 bits per heavy atom. The van der Waals surface area contributed by atoms with Gasteiger partial charge < -0.3 is 5.32 Å². The average Bonchev–Trinajstić information content (AvgIpc) is 2.20. The molecule has 0 aliphatic rings. The second-order valence-corrected chi connectivity index (χ2v) is 5.55. The van der Waals surface area contributed by atoms with Crippen molar-refractivity contribution < 1.29 is 4.21 Å². The third-order valence-corrected chi connectivity index (χ3v) is 3.70. The van der Waals surface area contributed by atoms with Crippen LogP contribution in [0.3, 0.4) is 0 Å². The second-order valence-electron chi connectivity index (χ2n) is 3.75. The van der Waals surface area contributed by atoms with E-state index in [0.29, 0.717) is 0 Å². The molecular formula is C11H18N2OS. The van der Waals surface area contributed by atoms with Gasteiger partial charge in [-0.2, -0.15) is 0 Å². The van der Waals surface area contributed by atoms with Crippen LogP contribution in [0.15, 0.2) is 18.3 Å². The first-order chi connectivity index (χ1) is 7.09. The van der Waals surface area contributed by atoms with Crippen LogP contribution in [0, 0.1) is 6.92 Å². The van der Waals surface area contributed by atoms with Crippen molar-refractivity contribution in [2.75, 3.05) is 18.1 Å². The van der Waals surface area contributed by atoms with Crippen LogP contribution in [0.25, 0.3) is 0 Å². The summed E-state index contributed by atoms with van der Waals surface area (Å²) < 4.78 is 11.1. The van der Waals surface area contributed by atoms with Crippen LogP contribution in [0.1, 0.15) is 18.9 Å². The first kappa shape index (κ1) is 12.2. The van der Waals surface area contributed by atoms with Crippen LogP contribution in [0.4, 0.5) is 5.82 Å². The van der Waals surface area contributed by atoms with Crippen molar-refractivity contribution >= 4 is 16.6 Å². The van der Waals surface area contributed by atoms with Gasteiger partial charge in [-0.1, -0.05) is 13.0 Å². The molecule has 2 unspecified atom stereocenters. The molecule has 1 heterocycles. The summed E-state index contributed by atoms with van der Waals surface area (Å²) in [5.41, 5.74) is 1.16. The van der Waals surface area contributed by atoms with Crippen molar-refractivity contribution in [2.45, 2.75) is 25.5 Å². The summed E-state index contributed by atoms with van der Waals surface area (Å²) in [6.07, 6.45) is 4.48. The predicted molar refractivity (Wildman–Crippen MR) is 65.6 cm³/mol. The molecule has 0 bridgehead atoms. The lowest BCUT2D eigenvalue weighted by Gasteiger charge is -2.09. The molecule has 0 aliphatic heterocycles. The van der Waals surface area contributed by atoms with E-state index in [1.807, 2.05) is 32.2 Å². The lowest BCUT2D eigenvalue weighted by molar-refractivity contribution is 0.672. The van der Waals surface area contributed by atoms with Gasteiger partial charge in [0.2, 0.25) is 0 Å². The van der Waals surface area contributed by atoms with Crippen LogP contribution in [0.5, 0.6) is 0 Å². The average molecular weight is 226 g/mol. The van der Waals surface area contributed by atoms with Crippen LogP contribution in [-0.4, -0.2) is 27.2 Å². The maximum absolute atomic E-state index is 11.1. The van der Waals surface area contributed by atoms with Crippen molar-refractivity contribution in [1.29, 1.82) is 0 Å². The molecule has 0 aromatic carbocycles. The summed E-state index contributed by atoms with van der Waals surface area (Å²) in [4.78, 5) is 4.23. The number of anilines is 1. The number of nitrogens with one attached hydrogen (secondary N) is 1. The summed E-state index contributed by atoms with van der Waals surface area (Å²) in [5.74, 6) is 0.884. The topological polar surface area (TPSA) is 42.0 Å². The summed E-state index contributed by atoms with van der Waals surface area (Å²) >= 11 is 0. The van der Waals surface area contributed by atoms with Crippen molar-refractivity contribution in [2.24, 2.45) is 0 Å². The van der Waals surface area contributed by atoms with Gasteiger partial charge in [-0.3, -0.25) is 4.21 Å². The lowest BCUT2D eigenvalue weighted by atomic mass is 10.3. The molecule has 3 nitrogen and oxygen atoms in total. The predicted octanol–water partition coefficient (Wildman–Crippen LogP) is 1.96. The van der Waals surface area contributed by atoms with E-state index in [4.69, 9.17) is 0 Å². The quantitative estimate of drug-likeness (QED) is 0.834. The highest BCUT2D eigenvalue weighted by atomic mass is 32.2. The lowest BCUT2D eigenvalue weighted by Crippen LogP contribution is -2.15. The molecular weight excluding hydrogens is 208 g/mol. The summed E-state index contributed by atoms with van der Waals surface area (Å²) in [7, 11) is -0.732. The van der Waals surface area contributed by atoms with E-state index in [0.717, 1.165) is 24.3 Å². The number of hydrogen-bond acceptors (Lipinski definition) is 3.